The first kappa shape index (κ1) is 10.1. The Morgan fingerprint density at radius 3 is 2.27 bits per heavy atom. The summed E-state index contributed by atoms with van der Waals surface area (Å²) in [5.41, 5.74) is 6.68. The Kier molecular flexibility index (Phi) is 2.33. The van der Waals surface area contributed by atoms with Gasteiger partial charge in [-0.3, -0.25) is 0 Å². The molecule has 3 fully saturated rings. The Hall–Kier alpha value is -0.0800. The van der Waals surface area contributed by atoms with E-state index in [1.165, 1.54) is 25.7 Å². The van der Waals surface area contributed by atoms with E-state index in [4.69, 9.17) is 5.73 Å². The van der Waals surface area contributed by atoms with E-state index in [1.807, 2.05) is 0 Å². The molecule has 15 heavy (non-hydrogen) atoms. The van der Waals surface area contributed by atoms with Gasteiger partial charge >= 0.3 is 0 Å². The molecule has 0 amide bonds. The number of fused-ring (bicyclic) bond motifs is 2. The van der Waals surface area contributed by atoms with E-state index in [0.29, 0.717) is 0 Å². The Bertz CT molecular complexity index is 245. The predicted molar refractivity (Wildman–Crippen MR) is 60.3 cm³/mol. The standard InChI is InChI=1S/C13H23NO/c14-13(5-3-11(15)4-6-13)12-8-9-1-2-10(12)7-9/h9-12,15H,1-8,14H2. The van der Waals surface area contributed by atoms with Crippen LogP contribution in [-0.4, -0.2) is 16.7 Å². The van der Waals surface area contributed by atoms with Gasteiger partial charge in [0, 0.05) is 5.54 Å². The van der Waals surface area contributed by atoms with Crippen LogP contribution in [0.5, 0.6) is 0 Å². The van der Waals surface area contributed by atoms with Crippen LogP contribution < -0.4 is 5.73 Å². The number of hydrogen-bond acceptors (Lipinski definition) is 2. The van der Waals surface area contributed by atoms with Crippen LogP contribution in [0.4, 0.5) is 0 Å². The number of hydrogen-bond donors (Lipinski definition) is 2. The van der Waals surface area contributed by atoms with Gasteiger partial charge in [-0.25, -0.2) is 0 Å². The molecule has 3 unspecified atom stereocenters. The largest absolute Gasteiger partial charge is 0.393 e. The Morgan fingerprint density at radius 2 is 1.73 bits per heavy atom. The smallest absolute Gasteiger partial charge is 0.0541 e. The monoisotopic (exact) mass is 209 g/mol. The highest BCUT2D eigenvalue weighted by molar-refractivity contribution is 5.04. The minimum atomic E-state index is -0.0692. The van der Waals surface area contributed by atoms with Crippen LogP contribution in [0.15, 0.2) is 0 Å². The van der Waals surface area contributed by atoms with E-state index in [0.717, 1.165) is 43.4 Å². The van der Waals surface area contributed by atoms with E-state index >= 15 is 0 Å². The maximum atomic E-state index is 9.56. The highest BCUT2D eigenvalue weighted by Crippen LogP contribution is 2.54. The van der Waals surface area contributed by atoms with Crippen LogP contribution >= 0.6 is 0 Å². The van der Waals surface area contributed by atoms with E-state index < -0.39 is 0 Å². The average molecular weight is 209 g/mol. The van der Waals surface area contributed by atoms with E-state index in [1.54, 1.807) is 0 Å². The van der Waals surface area contributed by atoms with Gasteiger partial charge in [0.25, 0.3) is 0 Å². The van der Waals surface area contributed by atoms with Crippen molar-refractivity contribution in [2.24, 2.45) is 23.5 Å². The summed E-state index contributed by atoms with van der Waals surface area (Å²) in [6, 6.07) is 0. The first-order chi connectivity index (χ1) is 7.17. The maximum Gasteiger partial charge on any atom is 0.0541 e. The van der Waals surface area contributed by atoms with Gasteiger partial charge in [-0.2, -0.15) is 0 Å². The second-order valence-electron chi connectivity index (χ2n) is 6.25. The lowest BCUT2D eigenvalue weighted by Gasteiger charge is -2.44. The molecule has 3 N–H and O–H groups in total. The van der Waals surface area contributed by atoms with Crippen molar-refractivity contribution in [1.29, 1.82) is 0 Å². The van der Waals surface area contributed by atoms with E-state index in [-0.39, 0.29) is 11.6 Å². The third-order valence-corrected chi connectivity index (χ3v) is 5.36. The lowest BCUT2D eigenvalue weighted by molar-refractivity contribution is 0.0587. The zero-order valence-electron chi connectivity index (χ0n) is 9.49. The minimum absolute atomic E-state index is 0.0692. The zero-order chi connectivity index (χ0) is 10.5. The molecule has 0 aliphatic heterocycles. The van der Waals surface area contributed by atoms with Crippen molar-refractivity contribution in [3.63, 3.8) is 0 Å². The van der Waals surface area contributed by atoms with Gasteiger partial charge in [0.05, 0.1) is 6.10 Å². The first-order valence-electron chi connectivity index (χ1n) is 6.64. The lowest BCUT2D eigenvalue weighted by atomic mass is 9.67. The minimum Gasteiger partial charge on any atom is -0.393 e. The molecule has 0 aromatic rings. The molecule has 2 nitrogen and oxygen atoms in total. The molecular formula is C13H23NO. The quantitative estimate of drug-likeness (QED) is 0.694. The Morgan fingerprint density at radius 1 is 1.00 bits per heavy atom. The van der Waals surface area contributed by atoms with Crippen LogP contribution in [0, 0.1) is 17.8 Å². The van der Waals surface area contributed by atoms with Crippen molar-refractivity contribution >= 4 is 0 Å². The molecule has 3 atom stereocenters. The summed E-state index contributed by atoms with van der Waals surface area (Å²) in [6.07, 6.45) is 9.64. The van der Waals surface area contributed by atoms with E-state index in [2.05, 4.69) is 0 Å². The van der Waals surface area contributed by atoms with Gasteiger partial charge in [0.15, 0.2) is 0 Å². The maximum absolute atomic E-state index is 9.56. The second kappa shape index (κ2) is 3.46. The van der Waals surface area contributed by atoms with Crippen LogP contribution in [-0.2, 0) is 0 Å². The summed E-state index contributed by atoms with van der Waals surface area (Å²) in [5, 5.41) is 9.56. The molecule has 2 heteroatoms. The fourth-order valence-electron chi connectivity index (χ4n) is 4.46. The molecule has 0 spiro atoms. The molecule has 3 rings (SSSR count). The molecule has 3 aliphatic rings. The SMILES string of the molecule is NC1(C2CC3CCC2C3)CCC(O)CC1. The fraction of sp³-hybridized carbons (Fsp3) is 1.00. The number of nitrogens with two attached hydrogens (primary N) is 1. The predicted octanol–water partition coefficient (Wildman–Crippen LogP) is 2.05. The highest BCUT2D eigenvalue weighted by Gasteiger charge is 2.49. The van der Waals surface area contributed by atoms with Crippen molar-refractivity contribution in [2.45, 2.75) is 63.0 Å². The molecule has 86 valence electrons. The second-order valence-corrected chi connectivity index (χ2v) is 6.25. The average Bonchev–Trinajstić information content (AvgIpc) is 2.84. The van der Waals surface area contributed by atoms with Gasteiger partial charge in [0.1, 0.15) is 0 Å². The van der Waals surface area contributed by atoms with Crippen molar-refractivity contribution in [2.75, 3.05) is 0 Å². The summed E-state index contributed by atoms with van der Waals surface area (Å²) < 4.78 is 0. The third-order valence-electron chi connectivity index (χ3n) is 5.36. The number of rotatable bonds is 1. The van der Waals surface area contributed by atoms with Gasteiger partial charge in [-0.05, 0) is 62.7 Å². The Labute approximate surface area is 92.2 Å². The van der Waals surface area contributed by atoms with Gasteiger partial charge < -0.3 is 10.8 Å². The summed E-state index contributed by atoms with van der Waals surface area (Å²) in [6.45, 7) is 0. The molecule has 0 aromatic heterocycles. The van der Waals surface area contributed by atoms with Crippen molar-refractivity contribution < 1.29 is 5.11 Å². The van der Waals surface area contributed by atoms with Crippen LogP contribution in [0.2, 0.25) is 0 Å². The Balaban J connectivity index is 1.71. The molecule has 0 aromatic carbocycles. The summed E-state index contributed by atoms with van der Waals surface area (Å²) >= 11 is 0. The summed E-state index contributed by atoms with van der Waals surface area (Å²) in [4.78, 5) is 0. The molecule has 3 saturated carbocycles. The van der Waals surface area contributed by atoms with Crippen LogP contribution in [0.1, 0.15) is 51.4 Å². The normalized spacial score (nSPS) is 54.8. The molecular weight excluding hydrogens is 186 g/mol. The van der Waals surface area contributed by atoms with Crippen LogP contribution in [0.3, 0.4) is 0 Å². The summed E-state index contributed by atoms with van der Waals surface area (Å²) in [7, 11) is 0. The summed E-state index contributed by atoms with van der Waals surface area (Å²) in [5.74, 6) is 2.70. The first-order valence-corrected chi connectivity index (χ1v) is 6.64. The van der Waals surface area contributed by atoms with Crippen molar-refractivity contribution in [3.05, 3.63) is 0 Å². The molecule has 0 saturated heterocycles. The number of aliphatic hydroxyl groups is 1. The molecule has 3 aliphatic carbocycles. The topological polar surface area (TPSA) is 46.2 Å². The van der Waals surface area contributed by atoms with Gasteiger partial charge in [0.2, 0.25) is 0 Å². The fourth-order valence-corrected chi connectivity index (χ4v) is 4.46. The third kappa shape index (κ3) is 1.62. The lowest BCUT2D eigenvalue weighted by Crippen LogP contribution is -2.52. The van der Waals surface area contributed by atoms with Crippen molar-refractivity contribution in [3.8, 4) is 0 Å². The zero-order valence-corrected chi connectivity index (χ0v) is 9.49. The van der Waals surface area contributed by atoms with Crippen LogP contribution in [0.25, 0.3) is 0 Å². The molecule has 0 radical (unpaired) electrons. The highest BCUT2D eigenvalue weighted by atomic mass is 16.3. The van der Waals surface area contributed by atoms with Gasteiger partial charge in [-0.1, -0.05) is 6.42 Å². The van der Waals surface area contributed by atoms with E-state index in [9.17, 15) is 5.11 Å². The molecule has 0 heterocycles. The molecule has 2 bridgehead atoms. The van der Waals surface area contributed by atoms with Gasteiger partial charge in [-0.15, -0.1) is 0 Å². The van der Waals surface area contributed by atoms with Crippen molar-refractivity contribution in [1.82, 2.24) is 0 Å². The number of aliphatic hydroxyl groups excluding tert-OH is 1.